The van der Waals surface area contributed by atoms with E-state index in [9.17, 15) is 14.4 Å². The Balaban J connectivity index is 1.52. The molecule has 2 amide bonds. The minimum atomic E-state index is -0.466. The zero-order valence-corrected chi connectivity index (χ0v) is 20.0. The quantitative estimate of drug-likeness (QED) is 0.226. The second-order valence-electron chi connectivity index (χ2n) is 8.08. The van der Waals surface area contributed by atoms with Crippen molar-refractivity contribution in [1.29, 1.82) is 0 Å². The lowest BCUT2D eigenvalue weighted by Gasteiger charge is -2.18. The van der Waals surface area contributed by atoms with Crippen LogP contribution in [0, 0.1) is 0 Å². The second kappa shape index (κ2) is 13.1. The third kappa shape index (κ3) is 7.52. The first kappa shape index (κ1) is 25.6. The van der Waals surface area contributed by atoms with Crippen LogP contribution < -0.4 is 16.0 Å². The van der Waals surface area contributed by atoms with E-state index in [1.165, 1.54) is 19.3 Å². The Hall–Kier alpha value is -3.97. The standard InChI is InChI=1S/C28H31N3O4/c1-20(23-14-7-11-21-9-3-5-12-24(21)23)31-28(34)25-13-6-4-10-22(25)16-18-29-19-26(32)30-17-8-15-27(33)35-2/h3-15,20,29H,16-19H2,1-2H3,(H,30,32)(H,31,34)/b15-8+/t20-/m1/s1. The number of nitrogens with one attached hydrogen (secondary N) is 3. The molecular weight excluding hydrogens is 442 g/mol. The Morgan fingerprint density at radius 2 is 1.71 bits per heavy atom. The first-order valence-corrected chi connectivity index (χ1v) is 11.6. The topological polar surface area (TPSA) is 96.5 Å². The van der Waals surface area contributed by atoms with E-state index in [-0.39, 0.29) is 30.9 Å². The number of esters is 1. The van der Waals surface area contributed by atoms with Gasteiger partial charge in [-0.25, -0.2) is 4.79 Å². The fraction of sp³-hybridized carbons (Fsp3) is 0.250. The van der Waals surface area contributed by atoms with Gasteiger partial charge < -0.3 is 20.7 Å². The summed E-state index contributed by atoms with van der Waals surface area (Å²) >= 11 is 0. The Bertz CT molecular complexity index is 1200. The molecule has 0 spiro atoms. The van der Waals surface area contributed by atoms with Crippen molar-refractivity contribution < 1.29 is 19.1 Å². The van der Waals surface area contributed by atoms with Gasteiger partial charge >= 0.3 is 5.97 Å². The fourth-order valence-electron chi connectivity index (χ4n) is 3.82. The SMILES string of the molecule is COC(=O)/C=C/CNC(=O)CNCCc1ccccc1C(=O)N[C@H](C)c1cccc2ccccc12. The molecule has 3 rings (SSSR count). The van der Waals surface area contributed by atoms with Crippen molar-refractivity contribution in [2.75, 3.05) is 26.7 Å². The van der Waals surface area contributed by atoms with Gasteiger partial charge in [0.25, 0.3) is 5.91 Å². The smallest absolute Gasteiger partial charge is 0.330 e. The lowest BCUT2D eigenvalue weighted by Crippen LogP contribution is -2.35. The van der Waals surface area contributed by atoms with Crippen LogP contribution in [0.2, 0.25) is 0 Å². The number of methoxy groups -OCH3 is 1. The van der Waals surface area contributed by atoms with Crippen LogP contribution in [-0.2, 0) is 20.7 Å². The molecule has 3 aromatic rings. The number of benzene rings is 3. The van der Waals surface area contributed by atoms with Gasteiger partial charge in [0, 0.05) is 18.2 Å². The molecular formula is C28H31N3O4. The van der Waals surface area contributed by atoms with E-state index < -0.39 is 5.97 Å². The molecule has 0 unspecified atom stereocenters. The molecule has 0 bridgehead atoms. The zero-order valence-electron chi connectivity index (χ0n) is 20.0. The number of ether oxygens (including phenoxy) is 1. The highest BCUT2D eigenvalue weighted by Crippen LogP contribution is 2.24. The number of amides is 2. The maximum absolute atomic E-state index is 13.1. The molecule has 35 heavy (non-hydrogen) atoms. The monoisotopic (exact) mass is 473 g/mol. The van der Waals surface area contributed by atoms with Crippen LogP contribution in [0.3, 0.4) is 0 Å². The molecule has 0 saturated carbocycles. The number of hydrogen-bond acceptors (Lipinski definition) is 5. The average Bonchev–Trinajstić information content (AvgIpc) is 2.88. The van der Waals surface area contributed by atoms with Crippen molar-refractivity contribution >= 4 is 28.6 Å². The average molecular weight is 474 g/mol. The summed E-state index contributed by atoms with van der Waals surface area (Å²) in [4.78, 5) is 36.0. The Morgan fingerprint density at radius 3 is 2.54 bits per heavy atom. The highest BCUT2D eigenvalue weighted by atomic mass is 16.5. The van der Waals surface area contributed by atoms with E-state index in [4.69, 9.17) is 0 Å². The van der Waals surface area contributed by atoms with Gasteiger partial charge in [0.05, 0.1) is 19.7 Å². The first-order chi connectivity index (χ1) is 17.0. The molecule has 182 valence electrons. The number of hydrogen-bond donors (Lipinski definition) is 3. The van der Waals surface area contributed by atoms with Gasteiger partial charge in [-0.2, -0.15) is 0 Å². The summed E-state index contributed by atoms with van der Waals surface area (Å²) in [5.41, 5.74) is 2.60. The van der Waals surface area contributed by atoms with Gasteiger partial charge in [-0.15, -0.1) is 0 Å². The van der Waals surface area contributed by atoms with Crippen LogP contribution >= 0.6 is 0 Å². The molecule has 0 heterocycles. The lowest BCUT2D eigenvalue weighted by molar-refractivity contribution is -0.134. The van der Waals surface area contributed by atoms with Crippen LogP contribution in [0.25, 0.3) is 10.8 Å². The van der Waals surface area contributed by atoms with Crippen molar-refractivity contribution in [2.45, 2.75) is 19.4 Å². The summed E-state index contributed by atoms with van der Waals surface area (Å²) in [6.45, 7) is 2.91. The summed E-state index contributed by atoms with van der Waals surface area (Å²) in [5.74, 6) is -0.780. The van der Waals surface area contributed by atoms with E-state index in [1.54, 1.807) is 0 Å². The molecule has 7 heteroatoms. The normalized spacial score (nSPS) is 11.8. The van der Waals surface area contributed by atoms with Crippen LogP contribution in [-0.4, -0.2) is 44.5 Å². The molecule has 0 saturated heterocycles. The third-order valence-corrected chi connectivity index (χ3v) is 5.63. The van der Waals surface area contributed by atoms with Gasteiger partial charge in [0.15, 0.2) is 0 Å². The van der Waals surface area contributed by atoms with E-state index in [1.807, 2.05) is 55.5 Å². The third-order valence-electron chi connectivity index (χ3n) is 5.63. The van der Waals surface area contributed by atoms with Crippen LogP contribution in [0.5, 0.6) is 0 Å². The highest BCUT2D eigenvalue weighted by Gasteiger charge is 2.16. The minimum Gasteiger partial charge on any atom is -0.466 e. The summed E-state index contributed by atoms with van der Waals surface area (Å²) in [6.07, 6.45) is 3.39. The second-order valence-corrected chi connectivity index (χ2v) is 8.08. The Morgan fingerprint density at radius 1 is 0.971 bits per heavy atom. The fourth-order valence-corrected chi connectivity index (χ4v) is 3.82. The number of fused-ring (bicyclic) bond motifs is 1. The maximum Gasteiger partial charge on any atom is 0.330 e. The van der Waals surface area contributed by atoms with E-state index in [0.29, 0.717) is 18.5 Å². The molecule has 1 atom stereocenters. The lowest BCUT2D eigenvalue weighted by atomic mass is 9.98. The molecule has 0 aliphatic rings. The Kier molecular flexibility index (Phi) is 9.57. The summed E-state index contributed by atoms with van der Waals surface area (Å²) < 4.78 is 4.49. The van der Waals surface area contributed by atoms with Gasteiger partial charge in [-0.05, 0) is 47.9 Å². The number of carbonyl (C=O) groups is 3. The molecule has 0 radical (unpaired) electrons. The molecule has 0 aliphatic heterocycles. The van der Waals surface area contributed by atoms with Crippen LogP contribution in [0.1, 0.15) is 34.5 Å². The molecule has 3 aromatic carbocycles. The van der Waals surface area contributed by atoms with Crippen molar-refractivity contribution in [1.82, 2.24) is 16.0 Å². The van der Waals surface area contributed by atoms with Crippen molar-refractivity contribution in [2.24, 2.45) is 0 Å². The molecule has 3 N–H and O–H groups in total. The summed E-state index contributed by atoms with van der Waals surface area (Å²) in [5, 5.41) is 11.2. The summed E-state index contributed by atoms with van der Waals surface area (Å²) in [6, 6.07) is 21.6. The first-order valence-electron chi connectivity index (χ1n) is 11.6. The molecule has 0 fully saturated rings. The van der Waals surface area contributed by atoms with E-state index in [2.05, 4.69) is 38.9 Å². The zero-order chi connectivity index (χ0) is 25.0. The van der Waals surface area contributed by atoms with Crippen LogP contribution in [0.4, 0.5) is 0 Å². The molecule has 0 aliphatic carbocycles. The van der Waals surface area contributed by atoms with E-state index in [0.717, 1.165) is 21.9 Å². The van der Waals surface area contributed by atoms with Crippen LogP contribution in [0.15, 0.2) is 78.9 Å². The van der Waals surface area contributed by atoms with Crippen molar-refractivity contribution in [3.63, 3.8) is 0 Å². The molecule has 7 nitrogen and oxygen atoms in total. The summed E-state index contributed by atoms with van der Waals surface area (Å²) in [7, 11) is 1.29. The predicted octanol–water partition coefficient (Wildman–Crippen LogP) is 3.31. The van der Waals surface area contributed by atoms with Crippen molar-refractivity contribution in [3.05, 3.63) is 95.6 Å². The largest absolute Gasteiger partial charge is 0.466 e. The highest BCUT2D eigenvalue weighted by molar-refractivity contribution is 5.96. The predicted molar refractivity (Wildman–Crippen MR) is 137 cm³/mol. The van der Waals surface area contributed by atoms with Gasteiger partial charge in [-0.1, -0.05) is 66.7 Å². The van der Waals surface area contributed by atoms with Gasteiger partial charge in [0.1, 0.15) is 0 Å². The minimum absolute atomic E-state index is 0.129. The van der Waals surface area contributed by atoms with E-state index >= 15 is 0 Å². The number of rotatable bonds is 11. The van der Waals surface area contributed by atoms with Crippen molar-refractivity contribution in [3.8, 4) is 0 Å². The van der Waals surface area contributed by atoms with Gasteiger partial charge in [0.2, 0.25) is 5.91 Å². The number of carbonyl (C=O) groups excluding carboxylic acids is 3. The Labute approximate surface area is 205 Å². The maximum atomic E-state index is 13.1. The molecule has 0 aromatic heterocycles. The van der Waals surface area contributed by atoms with Gasteiger partial charge in [-0.3, -0.25) is 9.59 Å².